The van der Waals surface area contributed by atoms with Gasteiger partial charge in [-0.2, -0.15) is 0 Å². The second-order valence-corrected chi connectivity index (χ2v) is 8.15. The van der Waals surface area contributed by atoms with Gasteiger partial charge in [0.15, 0.2) is 5.96 Å². The Morgan fingerprint density at radius 3 is 2.30 bits per heavy atom. The number of aryl methyl sites for hydroxylation is 1. The van der Waals surface area contributed by atoms with E-state index in [9.17, 15) is 0 Å². The number of nitrogens with one attached hydrogen (secondary N) is 2. The van der Waals surface area contributed by atoms with Gasteiger partial charge in [0.2, 0.25) is 0 Å². The molecule has 1 aliphatic heterocycles. The SMILES string of the molecule is CCc1ccccc1CNC(=NC)NCc1ccc(CN2CCCN(C)CC2)cc1. The summed E-state index contributed by atoms with van der Waals surface area (Å²) in [6, 6.07) is 17.6. The maximum atomic E-state index is 4.37. The number of aliphatic imine (C=N–C) groups is 1. The number of benzene rings is 2. The van der Waals surface area contributed by atoms with Crippen molar-refractivity contribution in [2.24, 2.45) is 4.99 Å². The molecule has 162 valence electrons. The Labute approximate surface area is 182 Å². The van der Waals surface area contributed by atoms with Gasteiger partial charge in [-0.05, 0) is 55.2 Å². The molecule has 0 radical (unpaired) electrons. The van der Waals surface area contributed by atoms with Crippen molar-refractivity contribution in [2.45, 2.75) is 39.4 Å². The Morgan fingerprint density at radius 2 is 1.57 bits per heavy atom. The van der Waals surface area contributed by atoms with E-state index in [4.69, 9.17) is 0 Å². The van der Waals surface area contributed by atoms with Crippen LogP contribution in [0.4, 0.5) is 0 Å². The van der Waals surface area contributed by atoms with Crippen LogP contribution in [-0.2, 0) is 26.1 Å². The first-order chi connectivity index (χ1) is 14.7. The molecule has 0 unspecified atom stereocenters. The average Bonchev–Trinajstić information content (AvgIpc) is 2.99. The van der Waals surface area contributed by atoms with E-state index in [0.29, 0.717) is 0 Å². The van der Waals surface area contributed by atoms with Gasteiger partial charge in [0.1, 0.15) is 0 Å². The molecule has 5 nitrogen and oxygen atoms in total. The summed E-state index contributed by atoms with van der Waals surface area (Å²) in [5.41, 5.74) is 5.37. The quantitative estimate of drug-likeness (QED) is 0.546. The van der Waals surface area contributed by atoms with Gasteiger partial charge in [0, 0.05) is 39.8 Å². The van der Waals surface area contributed by atoms with Gasteiger partial charge in [-0.25, -0.2) is 0 Å². The van der Waals surface area contributed by atoms with E-state index in [-0.39, 0.29) is 0 Å². The predicted molar refractivity (Wildman–Crippen MR) is 127 cm³/mol. The molecule has 30 heavy (non-hydrogen) atoms. The Balaban J connectivity index is 1.46. The zero-order valence-corrected chi connectivity index (χ0v) is 18.8. The molecular weight excluding hydrogens is 370 g/mol. The average molecular weight is 408 g/mol. The molecular formula is C25H37N5. The summed E-state index contributed by atoms with van der Waals surface area (Å²) < 4.78 is 0. The summed E-state index contributed by atoms with van der Waals surface area (Å²) in [5.74, 6) is 0.832. The minimum absolute atomic E-state index is 0.768. The molecule has 0 aromatic heterocycles. The number of rotatable bonds is 7. The molecule has 0 spiro atoms. The number of nitrogens with zero attached hydrogens (tertiary/aromatic N) is 3. The van der Waals surface area contributed by atoms with E-state index < -0.39 is 0 Å². The summed E-state index contributed by atoms with van der Waals surface area (Å²) >= 11 is 0. The molecule has 0 aliphatic carbocycles. The van der Waals surface area contributed by atoms with Crippen molar-refractivity contribution in [3.8, 4) is 0 Å². The van der Waals surface area contributed by atoms with E-state index in [1.165, 1.54) is 41.8 Å². The smallest absolute Gasteiger partial charge is 0.191 e. The van der Waals surface area contributed by atoms with Gasteiger partial charge in [0.05, 0.1) is 0 Å². The zero-order valence-electron chi connectivity index (χ0n) is 18.8. The number of hydrogen-bond donors (Lipinski definition) is 2. The minimum atomic E-state index is 0.768. The molecule has 3 rings (SSSR count). The maximum Gasteiger partial charge on any atom is 0.191 e. The molecule has 0 amide bonds. The first-order valence-corrected chi connectivity index (χ1v) is 11.2. The van der Waals surface area contributed by atoms with Crippen molar-refractivity contribution in [1.82, 2.24) is 20.4 Å². The van der Waals surface area contributed by atoms with Crippen LogP contribution in [0.5, 0.6) is 0 Å². The standard InChI is InChI=1S/C25H37N5/c1-4-23-8-5-6-9-24(23)19-28-25(26-2)27-18-21-10-12-22(13-11-21)20-30-15-7-14-29(3)16-17-30/h5-6,8-13H,4,7,14-20H2,1-3H3,(H2,26,27,28). The Bertz CT molecular complexity index is 799. The molecule has 1 saturated heterocycles. The highest BCUT2D eigenvalue weighted by atomic mass is 15.2. The van der Waals surface area contributed by atoms with Crippen LogP contribution in [-0.4, -0.2) is 56.0 Å². The topological polar surface area (TPSA) is 42.9 Å². The van der Waals surface area contributed by atoms with Gasteiger partial charge < -0.3 is 15.5 Å². The first kappa shape index (κ1) is 22.3. The summed E-state index contributed by atoms with van der Waals surface area (Å²) in [6.45, 7) is 9.51. The van der Waals surface area contributed by atoms with Crippen molar-refractivity contribution in [3.05, 3.63) is 70.8 Å². The predicted octanol–water partition coefficient (Wildman–Crippen LogP) is 3.25. The van der Waals surface area contributed by atoms with Crippen molar-refractivity contribution < 1.29 is 0 Å². The molecule has 2 aromatic carbocycles. The lowest BCUT2D eigenvalue weighted by Crippen LogP contribution is -2.36. The van der Waals surface area contributed by atoms with Gasteiger partial charge in [0.25, 0.3) is 0 Å². The number of hydrogen-bond acceptors (Lipinski definition) is 3. The van der Waals surface area contributed by atoms with E-state index in [1.807, 2.05) is 7.05 Å². The fourth-order valence-electron chi connectivity index (χ4n) is 3.94. The van der Waals surface area contributed by atoms with Gasteiger partial charge in [-0.1, -0.05) is 55.5 Å². The Kier molecular flexibility index (Phi) is 8.72. The summed E-state index contributed by atoms with van der Waals surface area (Å²) in [7, 11) is 4.04. The Morgan fingerprint density at radius 1 is 0.867 bits per heavy atom. The summed E-state index contributed by atoms with van der Waals surface area (Å²) in [6.07, 6.45) is 2.30. The largest absolute Gasteiger partial charge is 0.352 e. The van der Waals surface area contributed by atoms with Crippen LogP contribution >= 0.6 is 0 Å². The first-order valence-electron chi connectivity index (χ1n) is 11.2. The summed E-state index contributed by atoms with van der Waals surface area (Å²) in [4.78, 5) is 9.36. The molecule has 0 atom stereocenters. The van der Waals surface area contributed by atoms with E-state index >= 15 is 0 Å². The van der Waals surface area contributed by atoms with Gasteiger partial charge in [-0.3, -0.25) is 9.89 Å². The van der Waals surface area contributed by atoms with Crippen LogP contribution in [0.15, 0.2) is 53.5 Å². The van der Waals surface area contributed by atoms with Crippen LogP contribution in [0, 0.1) is 0 Å². The lowest BCUT2D eigenvalue weighted by Gasteiger charge is -2.20. The molecule has 1 heterocycles. The van der Waals surface area contributed by atoms with Crippen molar-refractivity contribution >= 4 is 5.96 Å². The van der Waals surface area contributed by atoms with Crippen LogP contribution in [0.3, 0.4) is 0 Å². The molecule has 0 saturated carbocycles. The highest BCUT2D eigenvalue weighted by molar-refractivity contribution is 5.79. The molecule has 2 aromatic rings. The highest BCUT2D eigenvalue weighted by Crippen LogP contribution is 2.11. The fraction of sp³-hybridized carbons (Fsp3) is 0.480. The third-order valence-electron chi connectivity index (χ3n) is 5.87. The normalized spacial score (nSPS) is 16.3. The number of likely N-dealkylation sites (N-methyl/N-ethyl adjacent to an activating group) is 1. The van der Waals surface area contributed by atoms with E-state index in [1.54, 1.807) is 0 Å². The maximum absolute atomic E-state index is 4.37. The van der Waals surface area contributed by atoms with Gasteiger partial charge in [-0.15, -0.1) is 0 Å². The molecule has 0 bridgehead atoms. The van der Waals surface area contributed by atoms with Crippen molar-refractivity contribution in [1.29, 1.82) is 0 Å². The van der Waals surface area contributed by atoms with Crippen molar-refractivity contribution in [2.75, 3.05) is 40.3 Å². The minimum Gasteiger partial charge on any atom is -0.352 e. The third-order valence-corrected chi connectivity index (χ3v) is 5.87. The number of guanidine groups is 1. The lowest BCUT2D eigenvalue weighted by molar-refractivity contribution is 0.269. The second-order valence-electron chi connectivity index (χ2n) is 8.15. The van der Waals surface area contributed by atoms with Gasteiger partial charge >= 0.3 is 0 Å². The second kappa shape index (κ2) is 11.7. The van der Waals surface area contributed by atoms with E-state index in [0.717, 1.165) is 45.1 Å². The van der Waals surface area contributed by atoms with Crippen LogP contribution in [0.25, 0.3) is 0 Å². The highest BCUT2D eigenvalue weighted by Gasteiger charge is 2.12. The van der Waals surface area contributed by atoms with E-state index in [2.05, 4.69) is 87.9 Å². The van der Waals surface area contributed by atoms with Crippen LogP contribution in [0.2, 0.25) is 0 Å². The zero-order chi connectivity index (χ0) is 21.2. The fourth-order valence-corrected chi connectivity index (χ4v) is 3.94. The lowest BCUT2D eigenvalue weighted by atomic mass is 10.1. The van der Waals surface area contributed by atoms with Crippen LogP contribution < -0.4 is 10.6 Å². The summed E-state index contributed by atoms with van der Waals surface area (Å²) in [5, 5.41) is 6.86. The molecule has 1 aliphatic rings. The third kappa shape index (κ3) is 6.85. The Hall–Kier alpha value is -2.37. The molecule has 1 fully saturated rings. The molecule has 2 N–H and O–H groups in total. The van der Waals surface area contributed by atoms with Crippen molar-refractivity contribution in [3.63, 3.8) is 0 Å². The monoisotopic (exact) mass is 407 g/mol. The molecule has 5 heteroatoms. The van der Waals surface area contributed by atoms with Crippen LogP contribution in [0.1, 0.15) is 35.6 Å².